The number of benzene rings is 12. The van der Waals surface area contributed by atoms with E-state index in [2.05, 4.69) is 283 Å². The van der Waals surface area contributed by atoms with E-state index in [-0.39, 0.29) is 16.2 Å². The summed E-state index contributed by atoms with van der Waals surface area (Å²) >= 11 is 0. The highest BCUT2D eigenvalue weighted by Crippen LogP contribution is 2.56. The van der Waals surface area contributed by atoms with Gasteiger partial charge in [0.2, 0.25) is 0 Å². The molecule has 1 heterocycles. The van der Waals surface area contributed by atoms with Crippen LogP contribution >= 0.6 is 0 Å². The Balaban J connectivity index is 0.818. The van der Waals surface area contributed by atoms with Gasteiger partial charge in [0, 0.05) is 49.6 Å². The number of nitrogens with zero attached hydrogens (tertiary/aromatic N) is 1. The van der Waals surface area contributed by atoms with Crippen LogP contribution in [-0.4, -0.2) is 0 Å². The minimum Gasteiger partial charge on any atom is -0.455 e. The molecule has 1 aromatic heterocycles. The molecule has 0 amide bonds. The van der Waals surface area contributed by atoms with Crippen molar-refractivity contribution < 1.29 is 4.42 Å². The molecule has 0 unspecified atom stereocenters. The van der Waals surface area contributed by atoms with Gasteiger partial charge in [-0.15, -0.1) is 0 Å². The predicted octanol–water partition coefficient (Wildman–Crippen LogP) is 21.3. The average Bonchev–Trinajstić information content (AvgIpc) is 4.27. The summed E-state index contributed by atoms with van der Waals surface area (Å²) in [7, 11) is 0. The lowest BCUT2D eigenvalue weighted by atomic mass is 9.80. The van der Waals surface area contributed by atoms with E-state index in [1.54, 1.807) is 0 Å². The summed E-state index contributed by atoms with van der Waals surface area (Å²) < 4.78 is 6.58. The van der Waals surface area contributed by atoms with Crippen LogP contribution in [-0.2, 0) is 16.2 Å². The Bertz CT molecular complexity index is 4580. The standard InChI is InChI=1S/C77H57NO/c1-75(2)67-40-52(50-24-22-46-14-7-9-16-48(46)38-50)26-32-59(67)62-35-29-55(43-70(62)75)78(56-30-36-63-60-33-27-53(41-68(60)76(3,4)71(63)44-56)51-25-23-47-15-8-10-17-49(47)39-51)57-31-37-64-61-34-28-54(42-69(61)77(5,6)72(64)45-57)58-19-13-20-66-65-18-11-12-21-73(65)79-74(58)66/h7-45H,1-6H3. The van der Waals surface area contributed by atoms with Gasteiger partial charge in [-0.25, -0.2) is 0 Å². The Hall–Kier alpha value is -9.24. The van der Waals surface area contributed by atoms with Crippen molar-refractivity contribution >= 4 is 60.5 Å². The van der Waals surface area contributed by atoms with Crippen molar-refractivity contribution in [2.24, 2.45) is 0 Å². The molecule has 0 aliphatic heterocycles. The number of anilines is 3. The van der Waals surface area contributed by atoms with Crippen molar-refractivity contribution in [3.8, 4) is 66.8 Å². The molecule has 0 N–H and O–H groups in total. The third kappa shape index (κ3) is 6.71. The predicted molar refractivity (Wildman–Crippen MR) is 332 cm³/mol. The van der Waals surface area contributed by atoms with Crippen molar-refractivity contribution in [3.05, 3.63) is 270 Å². The maximum Gasteiger partial charge on any atom is 0.143 e. The highest BCUT2D eigenvalue weighted by Gasteiger charge is 2.40. The molecule has 0 bridgehead atoms. The maximum atomic E-state index is 6.58. The van der Waals surface area contributed by atoms with Crippen LogP contribution in [0.1, 0.15) is 74.9 Å². The van der Waals surface area contributed by atoms with E-state index in [9.17, 15) is 0 Å². The van der Waals surface area contributed by atoms with E-state index in [4.69, 9.17) is 4.42 Å². The zero-order chi connectivity index (χ0) is 53.1. The number of furan rings is 1. The number of hydrogen-bond acceptors (Lipinski definition) is 2. The second-order valence-corrected chi connectivity index (χ2v) is 24.1. The van der Waals surface area contributed by atoms with Crippen LogP contribution in [0.25, 0.3) is 110 Å². The average molecular weight is 1010 g/mol. The molecule has 0 saturated carbocycles. The molecule has 2 nitrogen and oxygen atoms in total. The fourth-order valence-electron chi connectivity index (χ4n) is 14.3. The van der Waals surface area contributed by atoms with Gasteiger partial charge >= 0.3 is 0 Å². The Kier molecular flexibility index (Phi) is 9.53. The smallest absolute Gasteiger partial charge is 0.143 e. The van der Waals surface area contributed by atoms with Crippen LogP contribution in [0.5, 0.6) is 0 Å². The van der Waals surface area contributed by atoms with Gasteiger partial charge in [-0.05, 0) is 189 Å². The summed E-state index contributed by atoms with van der Waals surface area (Å²) in [4.78, 5) is 2.53. The third-order valence-corrected chi connectivity index (χ3v) is 18.6. The fourth-order valence-corrected chi connectivity index (χ4v) is 14.3. The summed E-state index contributed by atoms with van der Waals surface area (Å²) in [6, 6.07) is 89.0. The molecule has 0 saturated heterocycles. The van der Waals surface area contributed by atoms with Gasteiger partial charge < -0.3 is 9.32 Å². The van der Waals surface area contributed by atoms with Gasteiger partial charge in [0.15, 0.2) is 0 Å². The normalized spacial score (nSPS) is 14.8. The molecule has 13 aromatic rings. The SMILES string of the molecule is CC1(C)c2cc(-c3ccc4ccccc4c3)ccc2-c2ccc(N(c3ccc4c(c3)C(C)(C)c3cc(-c5ccc6ccccc6c5)ccc3-4)c3ccc4c(c3)C(C)(C)c3cc(-c5cccc6c5oc5ccccc56)ccc3-4)cc21. The van der Waals surface area contributed by atoms with Crippen molar-refractivity contribution in [2.75, 3.05) is 4.90 Å². The van der Waals surface area contributed by atoms with Gasteiger partial charge in [0.05, 0.1) is 0 Å². The third-order valence-electron chi connectivity index (χ3n) is 18.6. The second-order valence-electron chi connectivity index (χ2n) is 24.1. The largest absolute Gasteiger partial charge is 0.455 e. The van der Waals surface area contributed by atoms with E-state index < -0.39 is 0 Å². The molecule has 3 aliphatic rings. The summed E-state index contributed by atoms with van der Waals surface area (Å²) in [6.45, 7) is 14.5. The molecule has 79 heavy (non-hydrogen) atoms. The number of para-hydroxylation sites is 2. The van der Waals surface area contributed by atoms with Crippen LogP contribution < -0.4 is 4.90 Å². The van der Waals surface area contributed by atoms with E-state index in [0.717, 1.165) is 44.6 Å². The molecule has 0 spiro atoms. The molecule has 2 heteroatoms. The molecule has 0 fully saturated rings. The van der Waals surface area contributed by atoms with Gasteiger partial charge in [0.1, 0.15) is 11.2 Å². The highest BCUT2D eigenvalue weighted by molar-refractivity contribution is 6.10. The molecular formula is C77H57NO. The quantitative estimate of drug-likeness (QED) is 0.165. The fraction of sp³-hybridized carbons (Fsp3) is 0.117. The van der Waals surface area contributed by atoms with Crippen LogP contribution in [0.3, 0.4) is 0 Å². The van der Waals surface area contributed by atoms with Crippen LogP contribution in [0.15, 0.2) is 241 Å². The number of rotatable bonds is 6. The van der Waals surface area contributed by atoms with Gasteiger partial charge in [-0.1, -0.05) is 205 Å². The van der Waals surface area contributed by atoms with Gasteiger partial charge in [-0.2, -0.15) is 0 Å². The summed E-state index contributed by atoms with van der Waals surface area (Å²) in [5, 5.41) is 7.35. The van der Waals surface area contributed by atoms with Gasteiger partial charge in [-0.3, -0.25) is 0 Å². The molecule has 16 rings (SSSR count). The Morgan fingerprint density at radius 3 is 1.10 bits per heavy atom. The Labute approximate surface area is 461 Å². The second kappa shape index (κ2) is 16.4. The zero-order valence-corrected chi connectivity index (χ0v) is 45.4. The van der Waals surface area contributed by atoms with Gasteiger partial charge in [0.25, 0.3) is 0 Å². The van der Waals surface area contributed by atoms with E-state index in [0.29, 0.717) is 0 Å². The molecule has 376 valence electrons. The van der Waals surface area contributed by atoms with Crippen LogP contribution in [0.2, 0.25) is 0 Å². The van der Waals surface area contributed by atoms with Crippen molar-refractivity contribution in [1.82, 2.24) is 0 Å². The summed E-state index contributed by atoms with van der Waals surface area (Å²) in [5.41, 5.74) is 27.7. The first kappa shape index (κ1) is 45.9. The van der Waals surface area contributed by atoms with Crippen molar-refractivity contribution in [2.45, 2.75) is 57.8 Å². The van der Waals surface area contributed by atoms with Crippen LogP contribution in [0, 0.1) is 0 Å². The first-order valence-corrected chi connectivity index (χ1v) is 28.0. The Morgan fingerprint density at radius 2 is 0.620 bits per heavy atom. The molecular weight excluding hydrogens is 955 g/mol. The monoisotopic (exact) mass is 1010 g/mol. The summed E-state index contributed by atoms with van der Waals surface area (Å²) in [6.07, 6.45) is 0. The van der Waals surface area contributed by atoms with E-state index in [1.807, 2.05) is 0 Å². The molecule has 0 radical (unpaired) electrons. The number of fused-ring (bicyclic) bond motifs is 14. The molecule has 3 aliphatic carbocycles. The highest BCUT2D eigenvalue weighted by atomic mass is 16.3. The minimum atomic E-state index is -0.279. The Morgan fingerprint density at radius 1 is 0.266 bits per heavy atom. The molecule has 12 aromatic carbocycles. The first-order valence-electron chi connectivity index (χ1n) is 28.0. The van der Waals surface area contributed by atoms with Crippen molar-refractivity contribution in [3.63, 3.8) is 0 Å². The lowest BCUT2D eigenvalue weighted by Crippen LogP contribution is -2.19. The van der Waals surface area contributed by atoms with E-state index in [1.165, 1.54) is 116 Å². The number of hydrogen-bond donors (Lipinski definition) is 0. The topological polar surface area (TPSA) is 16.4 Å². The van der Waals surface area contributed by atoms with Crippen molar-refractivity contribution in [1.29, 1.82) is 0 Å². The maximum absolute atomic E-state index is 6.58. The molecule has 0 atom stereocenters. The lowest BCUT2D eigenvalue weighted by Gasteiger charge is -2.31. The zero-order valence-electron chi connectivity index (χ0n) is 45.4. The summed E-state index contributed by atoms with van der Waals surface area (Å²) in [5.74, 6) is 0. The van der Waals surface area contributed by atoms with E-state index >= 15 is 0 Å². The van der Waals surface area contributed by atoms with Crippen LogP contribution in [0.4, 0.5) is 17.1 Å². The minimum absolute atomic E-state index is 0.241. The lowest BCUT2D eigenvalue weighted by molar-refractivity contribution is 0.659. The first-order chi connectivity index (χ1) is 38.4.